The van der Waals surface area contributed by atoms with Crippen LogP contribution in [0.15, 0.2) is 42.5 Å². The SMILES string of the molecule is COc1ccccc1CC(=O)Nc1ccc2c(c1)CC(=O)N2. The van der Waals surface area contributed by atoms with Gasteiger partial charge in [-0.2, -0.15) is 0 Å². The lowest BCUT2D eigenvalue weighted by molar-refractivity contribution is -0.116. The van der Waals surface area contributed by atoms with Crippen LogP contribution < -0.4 is 15.4 Å². The van der Waals surface area contributed by atoms with Crippen molar-refractivity contribution in [2.75, 3.05) is 17.7 Å². The van der Waals surface area contributed by atoms with Gasteiger partial charge < -0.3 is 15.4 Å². The molecule has 1 heterocycles. The number of ether oxygens (including phenoxy) is 1. The Morgan fingerprint density at radius 3 is 2.91 bits per heavy atom. The van der Waals surface area contributed by atoms with E-state index in [9.17, 15) is 9.59 Å². The van der Waals surface area contributed by atoms with Crippen LogP contribution >= 0.6 is 0 Å². The fourth-order valence-electron chi connectivity index (χ4n) is 2.53. The molecule has 112 valence electrons. The number of fused-ring (bicyclic) bond motifs is 1. The number of methoxy groups -OCH3 is 1. The molecule has 1 aliphatic heterocycles. The first-order chi connectivity index (χ1) is 10.7. The van der Waals surface area contributed by atoms with E-state index < -0.39 is 0 Å². The molecule has 0 unspecified atom stereocenters. The van der Waals surface area contributed by atoms with Crippen molar-refractivity contribution < 1.29 is 14.3 Å². The minimum absolute atomic E-state index is 0.0208. The summed E-state index contributed by atoms with van der Waals surface area (Å²) in [6.45, 7) is 0. The molecule has 0 aromatic heterocycles. The number of para-hydroxylation sites is 1. The molecule has 0 bridgehead atoms. The van der Waals surface area contributed by atoms with Crippen molar-refractivity contribution in [2.45, 2.75) is 12.8 Å². The van der Waals surface area contributed by atoms with Gasteiger partial charge in [-0.1, -0.05) is 18.2 Å². The maximum absolute atomic E-state index is 12.2. The molecule has 1 aliphatic rings. The van der Waals surface area contributed by atoms with Crippen LogP contribution in [0.3, 0.4) is 0 Å². The number of carbonyl (C=O) groups excluding carboxylic acids is 2. The van der Waals surface area contributed by atoms with Crippen LogP contribution in [-0.2, 0) is 22.4 Å². The van der Waals surface area contributed by atoms with Crippen molar-refractivity contribution in [1.82, 2.24) is 0 Å². The van der Waals surface area contributed by atoms with Crippen molar-refractivity contribution in [3.05, 3.63) is 53.6 Å². The first kappa shape index (κ1) is 14.1. The van der Waals surface area contributed by atoms with E-state index in [1.807, 2.05) is 30.3 Å². The van der Waals surface area contributed by atoms with E-state index in [-0.39, 0.29) is 18.2 Å². The van der Waals surface area contributed by atoms with Crippen LogP contribution in [0.5, 0.6) is 5.75 Å². The normalized spacial score (nSPS) is 12.5. The third kappa shape index (κ3) is 2.93. The predicted molar refractivity (Wildman–Crippen MR) is 84.1 cm³/mol. The van der Waals surface area contributed by atoms with Gasteiger partial charge in [-0.3, -0.25) is 9.59 Å². The summed E-state index contributed by atoms with van der Waals surface area (Å²) in [6.07, 6.45) is 0.587. The fraction of sp³-hybridized carbons (Fsp3) is 0.176. The number of hydrogen-bond donors (Lipinski definition) is 2. The van der Waals surface area contributed by atoms with E-state index in [2.05, 4.69) is 10.6 Å². The molecule has 0 radical (unpaired) electrons. The topological polar surface area (TPSA) is 67.4 Å². The standard InChI is InChI=1S/C17H16N2O3/c1-22-15-5-3-2-4-11(15)9-16(20)18-13-6-7-14-12(8-13)10-17(21)19-14/h2-8H,9-10H2,1H3,(H,18,20)(H,19,21). The summed E-state index contributed by atoms with van der Waals surface area (Å²) in [5.41, 5.74) is 3.24. The van der Waals surface area contributed by atoms with E-state index >= 15 is 0 Å². The molecule has 5 nitrogen and oxygen atoms in total. The van der Waals surface area contributed by atoms with Gasteiger partial charge in [0.2, 0.25) is 11.8 Å². The van der Waals surface area contributed by atoms with Gasteiger partial charge in [-0.15, -0.1) is 0 Å². The Hall–Kier alpha value is -2.82. The van der Waals surface area contributed by atoms with Gasteiger partial charge in [-0.25, -0.2) is 0 Å². The summed E-state index contributed by atoms with van der Waals surface area (Å²) in [6, 6.07) is 12.8. The zero-order valence-corrected chi connectivity index (χ0v) is 12.2. The lowest BCUT2D eigenvalue weighted by Crippen LogP contribution is -2.15. The molecule has 3 rings (SSSR count). The van der Waals surface area contributed by atoms with Crippen molar-refractivity contribution in [3.8, 4) is 5.75 Å². The Kier molecular flexibility index (Phi) is 3.78. The van der Waals surface area contributed by atoms with Gasteiger partial charge in [0, 0.05) is 16.9 Å². The van der Waals surface area contributed by atoms with Gasteiger partial charge in [0.15, 0.2) is 0 Å². The van der Waals surface area contributed by atoms with Crippen molar-refractivity contribution in [1.29, 1.82) is 0 Å². The second kappa shape index (κ2) is 5.89. The van der Waals surface area contributed by atoms with E-state index in [0.29, 0.717) is 17.9 Å². The number of carbonyl (C=O) groups is 2. The average molecular weight is 296 g/mol. The summed E-state index contributed by atoms with van der Waals surface area (Å²) in [5.74, 6) is 0.552. The molecule has 5 heteroatoms. The van der Waals surface area contributed by atoms with E-state index in [1.54, 1.807) is 19.2 Å². The molecule has 2 amide bonds. The molecule has 0 atom stereocenters. The Morgan fingerprint density at radius 2 is 2.09 bits per heavy atom. The zero-order chi connectivity index (χ0) is 15.5. The smallest absolute Gasteiger partial charge is 0.228 e. The highest BCUT2D eigenvalue weighted by molar-refractivity contribution is 6.00. The molecule has 2 N–H and O–H groups in total. The minimum atomic E-state index is -0.123. The van der Waals surface area contributed by atoms with E-state index in [1.165, 1.54) is 0 Å². The van der Waals surface area contributed by atoms with Crippen molar-refractivity contribution >= 4 is 23.2 Å². The Labute approximate surface area is 128 Å². The number of rotatable bonds is 4. The Bertz CT molecular complexity index is 740. The number of amides is 2. The second-order valence-corrected chi connectivity index (χ2v) is 5.13. The predicted octanol–water partition coefficient (Wildman–Crippen LogP) is 2.37. The van der Waals surface area contributed by atoms with Crippen molar-refractivity contribution in [3.63, 3.8) is 0 Å². The summed E-state index contributed by atoms with van der Waals surface area (Å²) in [7, 11) is 1.58. The Morgan fingerprint density at radius 1 is 1.27 bits per heavy atom. The van der Waals surface area contributed by atoms with Gasteiger partial charge in [0.05, 0.1) is 20.0 Å². The molecule has 2 aromatic rings. The maximum Gasteiger partial charge on any atom is 0.228 e. The lowest BCUT2D eigenvalue weighted by atomic mass is 10.1. The van der Waals surface area contributed by atoms with Gasteiger partial charge in [0.1, 0.15) is 5.75 Å². The summed E-state index contributed by atoms with van der Waals surface area (Å²) >= 11 is 0. The second-order valence-electron chi connectivity index (χ2n) is 5.13. The van der Waals surface area contributed by atoms with Gasteiger partial charge >= 0.3 is 0 Å². The third-order valence-electron chi connectivity index (χ3n) is 3.56. The van der Waals surface area contributed by atoms with Gasteiger partial charge in [0.25, 0.3) is 0 Å². The lowest BCUT2D eigenvalue weighted by Gasteiger charge is -2.09. The van der Waals surface area contributed by atoms with Crippen LogP contribution in [0.2, 0.25) is 0 Å². The van der Waals surface area contributed by atoms with Gasteiger partial charge in [-0.05, 0) is 29.8 Å². The highest BCUT2D eigenvalue weighted by Gasteiger charge is 2.18. The first-order valence-electron chi connectivity index (χ1n) is 7.00. The minimum Gasteiger partial charge on any atom is -0.496 e. The number of anilines is 2. The maximum atomic E-state index is 12.2. The average Bonchev–Trinajstić information content (AvgIpc) is 2.87. The highest BCUT2D eigenvalue weighted by atomic mass is 16.5. The Balaban J connectivity index is 1.70. The molecule has 2 aromatic carbocycles. The van der Waals surface area contributed by atoms with Crippen molar-refractivity contribution in [2.24, 2.45) is 0 Å². The first-order valence-corrected chi connectivity index (χ1v) is 7.00. The summed E-state index contributed by atoms with van der Waals surface area (Å²) in [5, 5.41) is 5.62. The largest absolute Gasteiger partial charge is 0.496 e. The monoisotopic (exact) mass is 296 g/mol. The summed E-state index contributed by atoms with van der Waals surface area (Å²) in [4.78, 5) is 23.5. The number of nitrogens with one attached hydrogen (secondary N) is 2. The van der Waals surface area contributed by atoms with Crippen LogP contribution in [0, 0.1) is 0 Å². The molecule has 0 aliphatic carbocycles. The quantitative estimate of drug-likeness (QED) is 0.910. The zero-order valence-electron chi connectivity index (χ0n) is 12.2. The highest BCUT2D eigenvalue weighted by Crippen LogP contribution is 2.26. The fourth-order valence-corrected chi connectivity index (χ4v) is 2.53. The molecular weight excluding hydrogens is 280 g/mol. The van der Waals surface area contributed by atoms with Crippen LogP contribution in [0.1, 0.15) is 11.1 Å². The molecule has 0 fully saturated rings. The van der Waals surface area contributed by atoms with Crippen LogP contribution in [-0.4, -0.2) is 18.9 Å². The van der Waals surface area contributed by atoms with Crippen LogP contribution in [0.4, 0.5) is 11.4 Å². The molecule has 0 saturated carbocycles. The summed E-state index contributed by atoms with van der Waals surface area (Å²) < 4.78 is 5.24. The molecular formula is C17H16N2O3. The molecule has 0 spiro atoms. The third-order valence-corrected chi connectivity index (χ3v) is 3.56. The molecule has 22 heavy (non-hydrogen) atoms. The van der Waals surface area contributed by atoms with E-state index in [0.717, 1.165) is 16.8 Å². The van der Waals surface area contributed by atoms with E-state index in [4.69, 9.17) is 4.74 Å². The molecule has 0 saturated heterocycles. The van der Waals surface area contributed by atoms with Crippen LogP contribution in [0.25, 0.3) is 0 Å². The number of benzene rings is 2. The number of hydrogen-bond acceptors (Lipinski definition) is 3.